The van der Waals surface area contributed by atoms with Crippen molar-refractivity contribution in [3.05, 3.63) is 75.9 Å². The molecule has 0 aliphatic heterocycles. The number of aromatic nitrogens is 2. The molecular formula is C21H22Cl2N4O3S. The second-order valence-electron chi connectivity index (χ2n) is 6.69. The molecule has 31 heavy (non-hydrogen) atoms. The van der Waals surface area contributed by atoms with Gasteiger partial charge >= 0.3 is 0 Å². The molecule has 164 valence electrons. The number of rotatable bonds is 8. The number of halogens is 2. The van der Waals surface area contributed by atoms with E-state index in [4.69, 9.17) is 23.2 Å². The van der Waals surface area contributed by atoms with E-state index in [1.54, 1.807) is 36.9 Å². The highest BCUT2D eigenvalue weighted by Gasteiger charge is 2.24. The van der Waals surface area contributed by atoms with Crippen LogP contribution in [0.3, 0.4) is 0 Å². The molecule has 2 aromatic carbocycles. The van der Waals surface area contributed by atoms with Gasteiger partial charge in [0.15, 0.2) is 0 Å². The molecule has 10 heteroatoms. The Bertz CT molecular complexity index is 1190. The molecule has 1 aromatic heterocycles. The third-order valence-electron chi connectivity index (χ3n) is 4.71. The summed E-state index contributed by atoms with van der Waals surface area (Å²) < 4.78 is 28.5. The molecule has 0 aliphatic rings. The summed E-state index contributed by atoms with van der Waals surface area (Å²) in [5.41, 5.74) is 0.974. The zero-order valence-corrected chi connectivity index (χ0v) is 19.4. The summed E-state index contributed by atoms with van der Waals surface area (Å²) in [4.78, 5) is 12.9. The number of nitrogens with one attached hydrogen (secondary N) is 1. The standard InChI is InChI=1S/C21H22Cl2N4O3S/c1-3-26(4-2)31(29,30)17-8-9-19(23)18(13-17)21(28)25-20-10-11-24-27(20)14-15-6-5-7-16(22)12-15/h5-13H,3-4,14H2,1-2H3,(H,25,28). The molecule has 0 unspecified atom stereocenters. The van der Waals surface area contributed by atoms with Crippen molar-refractivity contribution in [2.45, 2.75) is 25.3 Å². The van der Waals surface area contributed by atoms with Gasteiger partial charge in [-0.15, -0.1) is 0 Å². The summed E-state index contributed by atoms with van der Waals surface area (Å²) in [6.07, 6.45) is 1.56. The number of sulfonamides is 1. The van der Waals surface area contributed by atoms with Crippen molar-refractivity contribution >= 4 is 45.0 Å². The molecule has 3 aromatic rings. The Labute approximate surface area is 191 Å². The first kappa shape index (κ1) is 23.3. The topological polar surface area (TPSA) is 84.3 Å². The number of carbonyl (C=O) groups is 1. The smallest absolute Gasteiger partial charge is 0.258 e. The highest BCUT2D eigenvalue weighted by molar-refractivity contribution is 7.89. The maximum atomic E-state index is 12.9. The predicted molar refractivity (Wildman–Crippen MR) is 122 cm³/mol. The lowest BCUT2D eigenvalue weighted by atomic mass is 10.2. The highest BCUT2D eigenvalue weighted by atomic mass is 35.5. The molecule has 0 spiro atoms. The molecule has 0 saturated heterocycles. The highest BCUT2D eigenvalue weighted by Crippen LogP contribution is 2.24. The quantitative estimate of drug-likeness (QED) is 0.513. The number of hydrogen-bond donors (Lipinski definition) is 1. The van der Waals surface area contributed by atoms with Crippen molar-refractivity contribution in [2.75, 3.05) is 18.4 Å². The van der Waals surface area contributed by atoms with Gasteiger partial charge in [-0.25, -0.2) is 13.1 Å². The predicted octanol–water partition coefficient (Wildman–Crippen LogP) is 4.52. The van der Waals surface area contributed by atoms with Crippen LogP contribution < -0.4 is 5.32 Å². The van der Waals surface area contributed by atoms with Crippen molar-refractivity contribution in [1.29, 1.82) is 0 Å². The molecule has 1 N–H and O–H groups in total. The van der Waals surface area contributed by atoms with Gasteiger partial charge in [-0.1, -0.05) is 49.2 Å². The summed E-state index contributed by atoms with van der Waals surface area (Å²) in [6, 6.07) is 13.1. The maximum absolute atomic E-state index is 12.9. The van der Waals surface area contributed by atoms with Crippen LogP contribution in [0, 0.1) is 0 Å². The Kier molecular flexibility index (Phi) is 7.38. The minimum Gasteiger partial charge on any atom is -0.307 e. The molecule has 7 nitrogen and oxygen atoms in total. The van der Waals surface area contributed by atoms with Crippen molar-refractivity contribution in [2.24, 2.45) is 0 Å². The molecule has 1 heterocycles. The van der Waals surface area contributed by atoms with E-state index in [1.807, 2.05) is 18.2 Å². The fraction of sp³-hybridized carbons (Fsp3) is 0.238. The van der Waals surface area contributed by atoms with E-state index in [-0.39, 0.29) is 15.5 Å². The summed E-state index contributed by atoms with van der Waals surface area (Å²) in [5.74, 6) is -0.0903. The molecule has 3 rings (SSSR count). The molecular weight excluding hydrogens is 459 g/mol. The third kappa shape index (κ3) is 5.27. The molecule has 1 amide bonds. The Morgan fingerprint density at radius 3 is 2.52 bits per heavy atom. The lowest BCUT2D eigenvalue weighted by molar-refractivity contribution is 0.102. The van der Waals surface area contributed by atoms with Crippen molar-refractivity contribution < 1.29 is 13.2 Å². The van der Waals surface area contributed by atoms with E-state index in [9.17, 15) is 13.2 Å². The van der Waals surface area contributed by atoms with E-state index in [1.165, 1.54) is 22.5 Å². The number of nitrogens with zero attached hydrogens (tertiary/aromatic N) is 3. The normalized spacial score (nSPS) is 11.6. The molecule has 0 radical (unpaired) electrons. The van der Waals surface area contributed by atoms with Gasteiger partial charge in [-0.2, -0.15) is 9.40 Å². The fourth-order valence-electron chi connectivity index (χ4n) is 3.11. The first-order valence-electron chi connectivity index (χ1n) is 9.63. The van der Waals surface area contributed by atoms with Crippen LogP contribution in [0.15, 0.2) is 59.6 Å². The second-order valence-corrected chi connectivity index (χ2v) is 9.47. The molecule has 0 atom stereocenters. The molecule has 0 aliphatic carbocycles. The SMILES string of the molecule is CCN(CC)S(=O)(=O)c1ccc(Cl)c(C(=O)Nc2ccnn2Cc2cccc(Cl)c2)c1. The van der Waals surface area contributed by atoms with Gasteiger partial charge in [0.05, 0.1) is 28.2 Å². The van der Waals surface area contributed by atoms with Crippen LogP contribution in [0.4, 0.5) is 5.82 Å². The van der Waals surface area contributed by atoms with Crippen LogP contribution in [-0.4, -0.2) is 41.5 Å². The van der Waals surface area contributed by atoms with Crippen LogP contribution in [0.25, 0.3) is 0 Å². The average molecular weight is 481 g/mol. The number of amides is 1. The molecule has 0 fully saturated rings. The summed E-state index contributed by atoms with van der Waals surface area (Å²) in [5, 5.41) is 7.74. The first-order valence-corrected chi connectivity index (χ1v) is 11.8. The van der Waals surface area contributed by atoms with Crippen molar-refractivity contribution in [3.63, 3.8) is 0 Å². The molecule has 0 bridgehead atoms. The Balaban J connectivity index is 1.86. The summed E-state index contributed by atoms with van der Waals surface area (Å²) in [6.45, 7) is 4.56. The van der Waals surface area contributed by atoms with Crippen LogP contribution >= 0.6 is 23.2 Å². The van der Waals surface area contributed by atoms with E-state index in [0.29, 0.717) is 30.5 Å². The van der Waals surface area contributed by atoms with E-state index < -0.39 is 15.9 Å². The van der Waals surface area contributed by atoms with Gasteiger partial charge in [0.2, 0.25) is 10.0 Å². The monoisotopic (exact) mass is 480 g/mol. The Morgan fingerprint density at radius 1 is 1.10 bits per heavy atom. The largest absolute Gasteiger partial charge is 0.307 e. The van der Waals surface area contributed by atoms with Crippen LogP contribution in [-0.2, 0) is 16.6 Å². The zero-order chi connectivity index (χ0) is 22.6. The van der Waals surface area contributed by atoms with Gasteiger partial charge in [0, 0.05) is 24.2 Å². The van der Waals surface area contributed by atoms with Crippen LogP contribution in [0.1, 0.15) is 29.8 Å². The third-order valence-corrected chi connectivity index (χ3v) is 7.32. The van der Waals surface area contributed by atoms with E-state index in [2.05, 4.69) is 10.4 Å². The van der Waals surface area contributed by atoms with Crippen molar-refractivity contribution in [3.8, 4) is 0 Å². The lowest BCUT2D eigenvalue weighted by Gasteiger charge is -2.19. The van der Waals surface area contributed by atoms with Crippen LogP contribution in [0.5, 0.6) is 0 Å². The van der Waals surface area contributed by atoms with Crippen LogP contribution in [0.2, 0.25) is 10.0 Å². The lowest BCUT2D eigenvalue weighted by Crippen LogP contribution is -2.30. The Hall–Kier alpha value is -2.39. The average Bonchev–Trinajstić information content (AvgIpc) is 3.15. The second kappa shape index (κ2) is 9.82. The van der Waals surface area contributed by atoms with Gasteiger partial charge in [0.25, 0.3) is 5.91 Å². The minimum absolute atomic E-state index is 0.0122. The van der Waals surface area contributed by atoms with Gasteiger partial charge in [0.1, 0.15) is 5.82 Å². The summed E-state index contributed by atoms with van der Waals surface area (Å²) in [7, 11) is -3.72. The number of carbonyl (C=O) groups excluding carboxylic acids is 1. The van der Waals surface area contributed by atoms with Gasteiger partial charge in [-0.05, 0) is 35.9 Å². The number of hydrogen-bond acceptors (Lipinski definition) is 4. The summed E-state index contributed by atoms with van der Waals surface area (Å²) >= 11 is 12.2. The van der Waals surface area contributed by atoms with Crippen molar-refractivity contribution in [1.82, 2.24) is 14.1 Å². The minimum atomic E-state index is -3.72. The first-order chi connectivity index (χ1) is 14.8. The maximum Gasteiger partial charge on any atom is 0.258 e. The van der Waals surface area contributed by atoms with Gasteiger partial charge < -0.3 is 5.32 Å². The number of anilines is 1. The van der Waals surface area contributed by atoms with E-state index >= 15 is 0 Å². The zero-order valence-electron chi connectivity index (χ0n) is 17.0. The Morgan fingerprint density at radius 2 is 1.84 bits per heavy atom. The van der Waals surface area contributed by atoms with Gasteiger partial charge in [-0.3, -0.25) is 4.79 Å². The number of benzene rings is 2. The fourth-order valence-corrected chi connectivity index (χ4v) is 5.01. The van der Waals surface area contributed by atoms with E-state index in [0.717, 1.165) is 5.56 Å². The molecule has 0 saturated carbocycles.